The van der Waals surface area contributed by atoms with E-state index in [2.05, 4.69) is 35.8 Å². The Labute approximate surface area is 296 Å². The fourth-order valence-electron chi connectivity index (χ4n) is 5.52. The number of anilines is 1. The molecule has 5 rings (SSSR count). The molecule has 15 nitrogen and oxygen atoms in total. The van der Waals surface area contributed by atoms with Gasteiger partial charge in [0.15, 0.2) is 39.7 Å². The summed E-state index contributed by atoms with van der Waals surface area (Å²) in [5, 5.41) is 3.20. The molecule has 1 saturated heterocycles. The molecule has 2 aliphatic rings. The monoisotopic (exact) mass is 769 g/mol. The number of aromatic nitrogens is 4. The molecule has 1 aromatic carbocycles. The van der Waals surface area contributed by atoms with Crippen molar-refractivity contribution in [2.24, 2.45) is 17.4 Å². The first-order chi connectivity index (χ1) is 22.6. The van der Waals surface area contributed by atoms with Crippen LogP contribution in [0.3, 0.4) is 0 Å². The number of piperidine rings is 1. The normalized spacial score (nSPS) is 15.5. The third-order valence-corrected chi connectivity index (χ3v) is 10.2. The van der Waals surface area contributed by atoms with Crippen LogP contribution in [-0.2, 0) is 25.7 Å². The zero-order valence-corrected chi connectivity index (χ0v) is 29.8. The molecule has 18 heteroatoms. The van der Waals surface area contributed by atoms with Crippen molar-refractivity contribution >= 4 is 74.9 Å². The van der Waals surface area contributed by atoms with Crippen molar-refractivity contribution in [1.82, 2.24) is 29.7 Å². The maximum atomic E-state index is 13.0. The molecule has 2 amide bonds. The fourth-order valence-corrected chi connectivity index (χ4v) is 7.03. The Bertz CT molecular complexity index is 1610. The molecular formula is C30H41BrClN9O6S. The molecule has 1 fully saturated rings. The van der Waals surface area contributed by atoms with Crippen molar-refractivity contribution in [3.63, 3.8) is 0 Å². The van der Waals surface area contributed by atoms with Crippen molar-refractivity contribution in [2.45, 2.75) is 74.2 Å². The van der Waals surface area contributed by atoms with Gasteiger partial charge in [-0.3, -0.25) is 14.4 Å². The number of hydrogen-bond donors (Lipinski definition) is 4. The Balaban J connectivity index is 0.00000520. The van der Waals surface area contributed by atoms with Gasteiger partial charge in [0.05, 0.1) is 6.04 Å². The number of aryl methyl sites for hydroxylation is 1. The highest BCUT2D eigenvalue weighted by molar-refractivity contribution is 9.10. The van der Waals surface area contributed by atoms with Gasteiger partial charge in [-0.05, 0) is 79.6 Å². The Kier molecular flexibility index (Phi) is 13.5. The number of ether oxygens (including phenoxy) is 3. The van der Waals surface area contributed by atoms with Crippen molar-refractivity contribution in [1.29, 1.82) is 0 Å². The van der Waals surface area contributed by atoms with E-state index in [4.69, 9.17) is 36.4 Å². The number of imidazole rings is 1. The van der Waals surface area contributed by atoms with Crippen LogP contribution in [-0.4, -0.2) is 87.3 Å². The minimum atomic E-state index is -0.966. The highest BCUT2D eigenvalue weighted by Gasteiger charge is 2.29. The van der Waals surface area contributed by atoms with Gasteiger partial charge in [0.2, 0.25) is 12.7 Å². The highest BCUT2D eigenvalue weighted by Crippen LogP contribution is 2.43. The summed E-state index contributed by atoms with van der Waals surface area (Å²) in [5.41, 5.74) is 18.7. The van der Waals surface area contributed by atoms with Gasteiger partial charge in [-0.2, -0.15) is 0 Å². The van der Waals surface area contributed by atoms with Crippen molar-refractivity contribution in [2.75, 3.05) is 38.7 Å². The number of unbranched alkanes of at least 4 members (excludes halogenated alkanes) is 1. The van der Waals surface area contributed by atoms with Gasteiger partial charge in [0.1, 0.15) is 12.9 Å². The second-order valence-electron chi connectivity index (χ2n) is 11.5. The number of fused-ring (bicyclic) bond motifs is 2. The molecule has 7 N–H and O–H groups in total. The van der Waals surface area contributed by atoms with Gasteiger partial charge >= 0.3 is 5.97 Å². The molecule has 0 bridgehead atoms. The van der Waals surface area contributed by atoms with Gasteiger partial charge in [0.25, 0.3) is 5.91 Å². The largest absolute Gasteiger partial charge is 0.454 e. The highest BCUT2D eigenvalue weighted by atomic mass is 79.9. The van der Waals surface area contributed by atoms with E-state index in [1.807, 2.05) is 12.1 Å². The lowest BCUT2D eigenvalue weighted by Crippen LogP contribution is -2.46. The van der Waals surface area contributed by atoms with E-state index in [1.54, 1.807) is 11.8 Å². The molecule has 2 aliphatic heterocycles. The van der Waals surface area contributed by atoms with Crippen LogP contribution in [0.25, 0.3) is 11.2 Å². The predicted octanol–water partition coefficient (Wildman–Crippen LogP) is 2.61. The van der Waals surface area contributed by atoms with Crippen LogP contribution in [0.5, 0.6) is 11.5 Å². The van der Waals surface area contributed by atoms with Crippen LogP contribution >= 0.6 is 40.1 Å². The summed E-state index contributed by atoms with van der Waals surface area (Å²) in [5.74, 6) is 0.625. The molecule has 0 unspecified atom stereocenters. The summed E-state index contributed by atoms with van der Waals surface area (Å²) < 4.78 is 19.3. The van der Waals surface area contributed by atoms with Crippen molar-refractivity contribution in [3.8, 4) is 11.5 Å². The molecule has 0 aliphatic carbocycles. The van der Waals surface area contributed by atoms with E-state index in [0.717, 1.165) is 46.6 Å². The first-order valence-electron chi connectivity index (χ1n) is 15.6. The molecule has 3 aromatic rings. The first kappa shape index (κ1) is 37.4. The predicted molar refractivity (Wildman–Crippen MR) is 185 cm³/mol. The maximum absolute atomic E-state index is 13.0. The number of esters is 1. The van der Waals surface area contributed by atoms with Crippen LogP contribution < -0.4 is 32.0 Å². The van der Waals surface area contributed by atoms with E-state index in [-0.39, 0.29) is 31.7 Å². The number of rotatable bonds is 14. The third-order valence-electron chi connectivity index (χ3n) is 8.21. The number of benzene rings is 1. The molecule has 0 radical (unpaired) electrons. The van der Waals surface area contributed by atoms with Gasteiger partial charge in [-0.25, -0.2) is 15.0 Å². The average molecular weight is 771 g/mol. The number of nitrogens with two attached hydrogens (primary N) is 3. The Hall–Kier alpha value is -3.38. The molecule has 0 spiro atoms. The smallest absolute Gasteiger partial charge is 0.326 e. The molecular weight excluding hydrogens is 730 g/mol. The van der Waals surface area contributed by atoms with Gasteiger partial charge in [0, 0.05) is 29.0 Å². The summed E-state index contributed by atoms with van der Waals surface area (Å²) in [6.45, 7) is 3.64. The van der Waals surface area contributed by atoms with E-state index < -0.39 is 24.0 Å². The van der Waals surface area contributed by atoms with Crippen molar-refractivity contribution < 1.29 is 28.6 Å². The minimum absolute atomic E-state index is 0. The first-order valence-corrected chi connectivity index (χ1v) is 17.2. The van der Waals surface area contributed by atoms with E-state index in [9.17, 15) is 14.4 Å². The summed E-state index contributed by atoms with van der Waals surface area (Å²) in [6.07, 6.45) is 4.88. The van der Waals surface area contributed by atoms with Crippen LogP contribution in [0.15, 0.2) is 33.0 Å². The SMILES string of the molecule is C[C@H](OC(=O)CNC(=O)[C@@H](N)CCCCN)C(=O)N1CCC(CCn2c(Sc3cc4c(cc3Br)OCO4)nc3c(N)ncnc32)CC1.Cl. The number of nitrogen functional groups attached to an aromatic ring is 1. The van der Waals surface area contributed by atoms with Gasteiger partial charge < -0.3 is 46.2 Å². The summed E-state index contributed by atoms with van der Waals surface area (Å²) in [4.78, 5) is 53.5. The number of carbonyl (C=O) groups is 3. The average Bonchev–Trinajstić information content (AvgIpc) is 3.67. The van der Waals surface area contributed by atoms with E-state index in [1.165, 1.54) is 18.1 Å². The topological polar surface area (TPSA) is 216 Å². The quantitative estimate of drug-likeness (QED) is 0.137. The molecule has 4 heterocycles. The maximum Gasteiger partial charge on any atom is 0.326 e. The molecule has 48 heavy (non-hydrogen) atoms. The Morgan fingerprint density at radius 3 is 2.62 bits per heavy atom. The number of carbonyl (C=O) groups excluding carboxylic acids is 3. The van der Waals surface area contributed by atoms with E-state index >= 15 is 0 Å². The van der Waals surface area contributed by atoms with Crippen LogP contribution in [0.1, 0.15) is 45.4 Å². The zero-order valence-electron chi connectivity index (χ0n) is 26.6. The number of nitrogens with one attached hydrogen (secondary N) is 1. The summed E-state index contributed by atoms with van der Waals surface area (Å²) in [7, 11) is 0. The molecule has 0 saturated carbocycles. The van der Waals surface area contributed by atoms with Crippen LogP contribution in [0.2, 0.25) is 0 Å². The number of likely N-dealkylation sites (tertiary alicyclic amines) is 1. The fraction of sp³-hybridized carbons (Fsp3) is 0.533. The number of hydrogen-bond acceptors (Lipinski definition) is 13. The Morgan fingerprint density at radius 2 is 1.90 bits per heavy atom. The number of halogens is 2. The number of amides is 2. The summed E-state index contributed by atoms with van der Waals surface area (Å²) >= 11 is 5.10. The van der Waals surface area contributed by atoms with Crippen LogP contribution in [0.4, 0.5) is 5.82 Å². The third kappa shape index (κ3) is 9.19. The van der Waals surface area contributed by atoms with Crippen molar-refractivity contribution in [3.05, 3.63) is 22.9 Å². The lowest BCUT2D eigenvalue weighted by molar-refractivity contribution is -0.159. The molecule has 2 atom stereocenters. The zero-order chi connectivity index (χ0) is 33.5. The Morgan fingerprint density at radius 1 is 1.17 bits per heavy atom. The second-order valence-corrected chi connectivity index (χ2v) is 13.4. The van der Waals surface area contributed by atoms with Gasteiger partial charge in [-0.15, -0.1) is 12.4 Å². The molecule has 2 aromatic heterocycles. The molecule has 262 valence electrons. The lowest BCUT2D eigenvalue weighted by Gasteiger charge is -2.33. The van der Waals surface area contributed by atoms with Gasteiger partial charge in [-0.1, -0.05) is 18.2 Å². The van der Waals surface area contributed by atoms with E-state index in [0.29, 0.717) is 67.0 Å². The lowest BCUT2D eigenvalue weighted by atomic mass is 9.93. The second kappa shape index (κ2) is 17.3. The standard InChI is InChI=1S/C30H40BrN9O6S.ClH/c1-17(46-24(41)14-35-28(42)20(33)4-2-3-8-32)29(43)39-9-5-18(6-10-39)7-11-40-27-25(26(34)36-15-37-27)38-30(40)47-23-13-22-21(12-19(23)31)44-16-45-22;/h12-13,15,17-18,20H,2-11,14,16,32-33H2,1H3,(H,35,42)(H2,34,36,37);1H/t17-,20-;/m0./s1. The number of nitrogens with zero attached hydrogens (tertiary/aromatic N) is 5. The minimum Gasteiger partial charge on any atom is -0.454 e. The van der Waals surface area contributed by atoms with Crippen LogP contribution in [0, 0.1) is 5.92 Å². The summed E-state index contributed by atoms with van der Waals surface area (Å²) in [6, 6.07) is 3.07.